The predicted octanol–water partition coefficient (Wildman–Crippen LogP) is 7.40. The van der Waals surface area contributed by atoms with Gasteiger partial charge in [0.05, 0.1) is 36.0 Å². The number of hydrogen-bond acceptors (Lipinski definition) is 6. The van der Waals surface area contributed by atoms with Crippen molar-refractivity contribution in [1.82, 2.24) is 9.88 Å². The summed E-state index contributed by atoms with van der Waals surface area (Å²) in [6.07, 6.45) is 2.66. The molecule has 42 heavy (non-hydrogen) atoms. The number of halogens is 3. The zero-order valence-corrected chi connectivity index (χ0v) is 25.5. The van der Waals surface area contributed by atoms with Gasteiger partial charge in [-0.3, -0.25) is 14.6 Å². The molecule has 3 atom stereocenters. The Labute approximate surface area is 256 Å². The molecule has 3 aromatic rings. The minimum Gasteiger partial charge on any atom is -0.469 e. The summed E-state index contributed by atoms with van der Waals surface area (Å²) in [6.45, 7) is 2.20. The summed E-state index contributed by atoms with van der Waals surface area (Å²) < 4.78 is 26.0. The molecule has 2 aromatic carbocycles. The number of aromatic nitrogens is 1. The maximum absolute atomic E-state index is 14.9. The summed E-state index contributed by atoms with van der Waals surface area (Å²) >= 11 is 9.38. The largest absolute Gasteiger partial charge is 0.469 e. The average Bonchev–Trinajstić information content (AvgIpc) is 2.97. The molecule has 2 amide bonds. The van der Waals surface area contributed by atoms with Crippen molar-refractivity contribution >= 4 is 51.2 Å². The molecule has 8 nitrogen and oxygen atoms in total. The highest BCUT2D eigenvalue weighted by Crippen LogP contribution is 2.40. The van der Waals surface area contributed by atoms with Crippen LogP contribution in [0, 0.1) is 11.7 Å². The minimum atomic E-state index is -0.782. The maximum Gasteiger partial charge on any atom is 0.410 e. The number of pyridine rings is 1. The van der Waals surface area contributed by atoms with E-state index in [2.05, 4.69) is 26.2 Å². The Hall–Kier alpha value is -3.50. The van der Waals surface area contributed by atoms with Gasteiger partial charge >= 0.3 is 12.1 Å². The molecule has 2 bridgehead atoms. The van der Waals surface area contributed by atoms with Gasteiger partial charge in [-0.2, -0.15) is 0 Å². The van der Waals surface area contributed by atoms with Crippen LogP contribution < -0.4 is 5.32 Å². The van der Waals surface area contributed by atoms with Gasteiger partial charge in [0.2, 0.25) is 5.91 Å². The predicted molar refractivity (Wildman–Crippen MR) is 159 cm³/mol. The zero-order chi connectivity index (χ0) is 30.0. The number of ether oxygens (including phenoxy) is 2. The lowest BCUT2D eigenvalue weighted by molar-refractivity contribution is -0.139. The molecule has 1 fully saturated rings. The summed E-state index contributed by atoms with van der Waals surface area (Å²) in [5, 5.41) is 2.99. The molecule has 3 heterocycles. The number of hydrogen-bond donors (Lipinski definition) is 1. The monoisotopic (exact) mass is 657 g/mol. The van der Waals surface area contributed by atoms with Crippen LogP contribution in [0.15, 0.2) is 53.1 Å². The Balaban J connectivity index is 1.48. The van der Waals surface area contributed by atoms with E-state index < -0.39 is 18.0 Å². The summed E-state index contributed by atoms with van der Waals surface area (Å²) in [4.78, 5) is 44.7. The van der Waals surface area contributed by atoms with Crippen molar-refractivity contribution in [2.24, 2.45) is 5.92 Å². The van der Waals surface area contributed by atoms with Gasteiger partial charge in [0.15, 0.2) is 0 Å². The van der Waals surface area contributed by atoms with Crippen molar-refractivity contribution in [3.8, 4) is 11.3 Å². The van der Waals surface area contributed by atoms with Gasteiger partial charge in [-0.25, -0.2) is 9.18 Å². The Kier molecular flexibility index (Phi) is 9.13. The summed E-state index contributed by atoms with van der Waals surface area (Å²) in [5.41, 5.74) is 3.64. The molecule has 0 unspecified atom stereocenters. The average molecular weight is 659 g/mol. The van der Waals surface area contributed by atoms with Crippen LogP contribution in [0.25, 0.3) is 11.3 Å². The number of nitrogens with one attached hydrogen (secondary N) is 1. The van der Waals surface area contributed by atoms with E-state index in [0.717, 1.165) is 5.56 Å². The molecular formula is C31H30BrClFN3O5. The minimum absolute atomic E-state index is 0.0360. The Morgan fingerprint density at radius 1 is 1.19 bits per heavy atom. The molecule has 5 rings (SSSR count). The van der Waals surface area contributed by atoms with Crippen LogP contribution >= 0.6 is 27.5 Å². The molecule has 0 radical (unpaired) electrons. The first-order valence-electron chi connectivity index (χ1n) is 13.7. The number of rotatable bonds is 4. The van der Waals surface area contributed by atoms with Crippen molar-refractivity contribution in [2.45, 2.75) is 51.2 Å². The second kappa shape index (κ2) is 12.8. The summed E-state index contributed by atoms with van der Waals surface area (Å²) in [6, 6.07) is 11.9. The molecule has 2 aliphatic heterocycles. The zero-order valence-electron chi connectivity index (χ0n) is 23.2. The third kappa shape index (κ3) is 6.29. The molecule has 220 valence electrons. The molecular weight excluding hydrogens is 629 g/mol. The molecule has 1 saturated heterocycles. The smallest absolute Gasteiger partial charge is 0.410 e. The van der Waals surface area contributed by atoms with E-state index in [-0.39, 0.29) is 40.8 Å². The third-order valence-corrected chi connectivity index (χ3v) is 8.80. The van der Waals surface area contributed by atoms with E-state index >= 15 is 0 Å². The Morgan fingerprint density at radius 2 is 2.00 bits per heavy atom. The normalized spacial score (nSPS) is 20.9. The number of nitrogens with zero attached hydrogens (tertiary/aromatic N) is 2. The lowest BCUT2D eigenvalue weighted by Gasteiger charge is -2.38. The topological polar surface area (TPSA) is 97.8 Å². The first-order chi connectivity index (χ1) is 20.2. The van der Waals surface area contributed by atoms with Crippen molar-refractivity contribution < 1.29 is 28.2 Å². The maximum atomic E-state index is 14.9. The van der Waals surface area contributed by atoms with Crippen LogP contribution in [0.1, 0.15) is 61.4 Å². The van der Waals surface area contributed by atoms with Gasteiger partial charge in [-0.05, 0) is 54.3 Å². The molecule has 1 N–H and O–H groups in total. The highest BCUT2D eigenvalue weighted by molar-refractivity contribution is 9.10. The van der Waals surface area contributed by atoms with Gasteiger partial charge in [-0.15, -0.1) is 0 Å². The second-order valence-electron chi connectivity index (χ2n) is 10.6. The number of cyclic esters (lactones) is 1. The quantitative estimate of drug-likeness (QED) is 0.232. The Bertz CT molecular complexity index is 1540. The van der Waals surface area contributed by atoms with Crippen LogP contribution in [0.3, 0.4) is 0 Å². The fraction of sp³-hybridized carbons (Fsp3) is 0.355. The van der Waals surface area contributed by atoms with Gasteiger partial charge in [0, 0.05) is 40.7 Å². The SMILES string of the molecule is COC(=O)Cc1ccc2c(c1)NC(=O)[C@H](C)CCC[C@H](N1CC[C@H](c3c(Br)ccc(Cl)c3F)OC1=O)c1ccnc-2c1. The molecule has 2 aliphatic rings. The van der Waals surface area contributed by atoms with Crippen LogP contribution in [0.5, 0.6) is 0 Å². The van der Waals surface area contributed by atoms with E-state index in [1.807, 2.05) is 25.1 Å². The highest BCUT2D eigenvalue weighted by atomic mass is 79.9. The number of carbonyl (C=O) groups excluding carboxylic acids is 3. The van der Waals surface area contributed by atoms with Gasteiger partial charge in [-0.1, -0.05) is 53.0 Å². The van der Waals surface area contributed by atoms with E-state index in [9.17, 15) is 18.8 Å². The lowest BCUT2D eigenvalue weighted by atomic mass is 9.93. The van der Waals surface area contributed by atoms with Crippen molar-refractivity contribution in [3.05, 3.63) is 80.7 Å². The Morgan fingerprint density at radius 3 is 2.76 bits per heavy atom. The number of benzene rings is 2. The number of carbonyl (C=O) groups is 3. The molecule has 1 aromatic heterocycles. The number of fused-ring (bicyclic) bond motifs is 4. The van der Waals surface area contributed by atoms with E-state index in [4.69, 9.17) is 21.1 Å². The second-order valence-corrected chi connectivity index (χ2v) is 11.8. The summed E-state index contributed by atoms with van der Waals surface area (Å²) in [5.74, 6) is -1.43. The van der Waals surface area contributed by atoms with Gasteiger partial charge < -0.3 is 19.7 Å². The lowest BCUT2D eigenvalue weighted by Crippen LogP contribution is -2.42. The van der Waals surface area contributed by atoms with Crippen molar-refractivity contribution in [1.29, 1.82) is 0 Å². The number of methoxy groups -OCH3 is 1. The van der Waals surface area contributed by atoms with Gasteiger partial charge in [0.25, 0.3) is 0 Å². The fourth-order valence-corrected chi connectivity index (χ4v) is 6.22. The number of esters is 1. The summed E-state index contributed by atoms with van der Waals surface area (Å²) in [7, 11) is 1.33. The number of amides is 2. The highest BCUT2D eigenvalue weighted by Gasteiger charge is 2.36. The molecule has 11 heteroatoms. The van der Waals surface area contributed by atoms with E-state index in [1.54, 1.807) is 29.3 Å². The van der Waals surface area contributed by atoms with E-state index in [1.165, 1.54) is 13.2 Å². The van der Waals surface area contributed by atoms with Crippen molar-refractivity contribution in [2.75, 3.05) is 19.0 Å². The molecule has 0 spiro atoms. The standard InChI is InChI=1S/C31H30BrClFN3O5/c1-17-4-3-5-25(37-13-11-26(42-31(37)40)28-21(32)8-9-22(33)29(28)34)19-10-12-35-23(16-19)20-7-6-18(15-27(38)41-2)14-24(20)36-30(17)39/h6-10,12,14,16-17,25-26H,3-5,11,13,15H2,1-2H3,(H,36,39)/t17-,25+,26-/m1/s1. The van der Waals surface area contributed by atoms with Crippen LogP contribution in [0.2, 0.25) is 5.02 Å². The van der Waals surface area contributed by atoms with Crippen LogP contribution in [-0.2, 0) is 25.5 Å². The van der Waals surface area contributed by atoms with Gasteiger partial charge in [0.1, 0.15) is 11.9 Å². The first-order valence-corrected chi connectivity index (χ1v) is 14.9. The van der Waals surface area contributed by atoms with Crippen molar-refractivity contribution in [3.63, 3.8) is 0 Å². The number of anilines is 1. The van der Waals surface area contributed by atoms with E-state index in [0.29, 0.717) is 59.2 Å². The first kappa shape index (κ1) is 30.0. The van der Waals surface area contributed by atoms with Crippen LogP contribution in [-0.4, -0.2) is 41.5 Å². The molecule has 0 saturated carbocycles. The third-order valence-electron chi connectivity index (χ3n) is 7.81. The molecule has 0 aliphatic carbocycles. The van der Waals surface area contributed by atoms with Crippen LogP contribution in [0.4, 0.5) is 14.9 Å². The fourth-order valence-electron chi connectivity index (χ4n) is 5.50.